The van der Waals surface area contributed by atoms with E-state index in [1.165, 1.54) is 6.92 Å². The molecule has 0 N–H and O–H groups in total. The molecule has 0 saturated carbocycles. The van der Waals surface area contributed by atoms with E-state index in [4.69, 9.17) is 0 Å². The summed E-state index contributed by atoms with van der Waals surface area (Å²) in [7, 11) is 0. The van der Waals surface area contributed by atoms with Crippen molar-refractivity contribution >= 4 is 23.1 Å². The van der Waals surface area contributed by atoms with Crippen molar-refractivity contribution in [2.24, 2.45) is 0 Å². The van der Waals surface area contributed by atoms with Crippen molar-refractivity contribution in [2.75, 3.05) is 13.1 Å². The van der Waals surface area contributed by atoms with Gasteiger partial charge >= 0.3 is 6.18 Å². The van der Waals surface area contributed by atoms with E-state index < -0.39 is 11.9 Å². The van der Waals surface area contributed by atoms with Gasteiger partial charge in [-0.2, -0.15) is 18.3 Å². The Morgan fingerprint density at radius 2 is 2.07 bits per heavy atom. The molecule has 1 aliphatic rings. The van der Waals surface area contributed by atoms with Crippen LogP contribution in [0, 0.1) is 13.8 Å². The smallest absolute Gasteiger partial charge is 0.337 e. The average Bonchev–Trinajstić information content (AvgIpc) is 3.25. The van der Waals surface area contributed by atoms with Crippen LogP contribution in [-0.4, -0.2) is 48.1 Å². The fraction of sp³-hybridized carbons (Fsp3) is 0.471. The maximum absolute atomic E-state index is 13.4. The van der Waals surface area contributed by atoms with Crippen molar-refractivity contribution in [3.8, 4) is 0 Å². The molecule has 0 spiro atoms. The highest BCUT2D eigenvalue weighted by Crippen LogP contribution is 2.32. The number of aryl methyl sites for hydroxylation is 2. The largest absolute Gasteiger partial charge is 0.433 e. The number of carbonyl (C=O) groups excluding carboxylic acids is 1. The van der Waals surface area contributed by atoms with Crippen molar-refractivity contribution in [1.82, 2.24) is 29.1 Å². The van der Waals surface area contributed by atoms with Gasteiger partial charge in [0.2, 0.25) is 0 Å². The number of hydrogen-bond acceptors (Lipinski definition) is 6. The van der Waals surface area contributed by atoms with E-state index in [-0.39, 0.29) is 23.2 Å². The minimum atomic E-state index is -4.53. The fourth-order valence-electron chi connectivity index (χ4n) is 3.49. The van der Waals surface area contributed by atoms with Gasteiger partial charge in [-0.25, -0.2) is 9.50 Å². The van der Waals surface area contributed by atoms with Gasteiger partial charge in [0.05, 0.1) is 11.4 Å². The number of hydrogen-bond donors (Lipinski definition) is 0. The van der Waals surface area contributed by atoms with Crippen LogP contribution in [0.2, 0.25) is 0 Å². The number of aromatic nitrogens is 5. The molecule has 3 aromatic rings. The summed E-state index contributed by atoms with van der Waals surface area (Å²) in [4.78, 5) is 19.1. The van der Waals surface area contributed by atoms with Crippen molar-refractivity contribution in [3.05, 3.63) is 39.8 Å². The molecule has 4 rings (SSSR count). The third-order valence-corrected chi connectivity index (χ3v) is 5.65. The van der Waals surface area contributed by atoms with Gasteiger partial charge in [-0.15, -0.1) is 5.10 Å². The molecule has 0 unspecified atom stereocenters. The third-order valence-electron chi connectivity index (χ3n) is 4.84. The van der Waals surface area contributed by atoms with E-state index in [2.05, 4.69) is 19.7 Å². The molecule has 1 atom stereocenters. The summed E-state index contributed by atoms with van der Waals surface area (Å²) in [5.41, 5.74) is 0.684. The Balaban J connectivity index is 1.65. The van der Waals surface area contributed by atoms with Crippen LogP contribution in [0.25, 0.3) is 5.65 Å². The Bertz CT molecular complexity index is 1040. The molecule has 1 amide bonds. The number of alkyl halides is 3. The van der Waals surface area contributed by atoms with Gasteiger partial charge < -0.3 is 4.90 Å². The normalized spacial score (nSPS) is 18.0. The maximum Gasteiger partial charge on any atom is 0.433 e. The van der Waals surface area contributed by atoms with Crippen LogP contribution >= 0.6 is 11.5 Å². The predicted octanol–water partition coefficient (Wildman–Crippen LogP) is 3.24. The van der Waals surface area contributed by atoms with Crippen LogP contribution < -0.4 is 0 Å². The lowest BCUT2D eigenvalue weighted by atomic mass is 9.94. The van der Waals surface area contributed by atoms with E-state index >= 15 is 0 Å². The molecular weight excluding hydrogens is 393 g/mol. The number of nitrogens with zero attached hydrogens (tertiary/aromatic N) is 6. The second kappa shape index (κ2) is 6.80. The lowest BCUT2D eigenvalue weighted by Crippen LogP contribution is -2.39. The molecule has 4 heterocycles. The van der Waals surface area contributed by atoms with Crippen LogP contribution in [0.1, 0.15) is 51.2 Å². The Morgan fingerprint density at radius 1 is 1.29 bits per heavy atom. The zero-order chi connectivity index (χ0) is 20.1. The lowest BCUT2D eigenvalue weighted by Gasteiger charge is -2.31. The molecule has 28 heavy (non-hydrogen) atoms. The van der Waals surface area contributed by atoms with Crippen LogP contribution in [0.3, 0.4) is 0 Å². The van der Waals surface area contributed by atoms with Crippen molar-refractivity contribution in [3.63, 3.8) is 0 Å². The minimum Gasteiger partial charge on any atom is -0.337 e. The molecule has 148 valence electrons. The van der Waals surface area contributed by atoms with Gasteiger partial charge in [0.25, 0.3) is 5.91 Å². The number of likely N-dealkylation sites (tertiary alicyclic amines) is 1. The third kappa shape index (κ3) is 3.34. The van der Waals surface area contributed by atoms with Crippen molar-refractivity contribution in [1.29, 1.82) is 0 Å². The van der Waals surface area contributed by atoms with E-state index in [0.29, 0.717) is 29.4 Å². The first-order valence-corrected chi connectivity index (χ1v) is 9.54. The molecule has 0 aromatic carbocycles. The monoisotopic (exact) mass is 410 g/mol. The van der Waals surface area contributed by atoms with Crippen LogP contribution in [0.4, 0.5) is 13.2 Å². The Hall–Kier alpha value is -2.56. The number of piperidine rings is 1. The quantitative estimate of drug-likeness (QED) is 0.648. The molecule has 1 aliphatic heterocycles. The van der Waals surface area contributed by atoms with Gasteiger partial charge in [-0.05, 0) is 44.3 Å². The zero-order valence-electron chi connectivity index (χ0n) is 15.2. The molecule has 0 radical (unpaired) electrons. The molecule has 11 heteroatoms. The topological polar surface area (TPSA) is 76.3 Å². The van der Waals surface area contributed by atoms with E-state index in [1.807, 2.05) is 0 Å². The highest BCUT2D eigenvalue weighted by molar-refractivity contribution is 7.07. The summed E-state index contributed by atoms with van der Waals surface area (Å²) >= 11 is 1.05. The number of fused-ring (bicyclic) bond motifs is 1. The van der Waals surface area contributed by atoms with Gasteiger partial charge in [0.15, 0.2) is 5.65 Å². The molecule has 1 saturated heterocycles. The van der Waals surface area contributed by atoms with Gasteiger partial charge in [0, 0.05) is 30.8 Å². The zero-order valence-corrected chi connectivity index (χ0v) is 16.0. The number of halogens is 3. The summed E-state index contributed by atoms with van der Waals surface area (Å²) in [6, 6.07) is 2.57. The average molecular weight is 410 g/mol. The van der Waals surface area contributed by atoms with Crippen LogP contribution in [0.5, 0.6) is 0 Å². The summed E-state index contributed by atoms with van der Waals surface area (Å²) in [5, 5.41) is 8.06. The summed E-state index contributed by atoms with van der Waals surface area (Å²) in [6.07, 6.45) is -3.04. The Morgan fingerprint density at radius 3 is 2.75 bits per heavy atom. The predicted molar refractivity (Wildman–Crippen MR) is 95.3 cm³/mol. The highest BCUT2D eigenvalue weighted by atomic mass is 32.1. The second-order valence-corrected chi connectivity index (χ2v) is 7.65. The molecule has 1 fully saturated rings. The lowest BCUT2D eigenvalue weighted by molar-refractivity contribution is -0.142. The van der Waals surface area contributed by atoms with Crippen molar-refractivity contribution < 1.29 is 18.0 Å². The number of rotatable bonds is 2. The molecule has 3 aromatic heterocycles. The minimum absolute atomic E-state index is 0.147. The van der Waals surface area contributed by atoms with E-state index in [1.54, 1.807) is 17.9 Å². The maximum atomic E-state index is 13.4. The first-order valence-electron chi connectivity index (χ1n) is 8.77. The van der Waals surface area contributed by atoms with Gasteiger partial charge in [-0.1, -0.05) is 4.49 Å². The summed E-state index contributed by atoms with van der Waals surface area (Å²) < 4.78 is 44.7. The van der Waals surface area contributed by atoms with E-state index in [9.17, 15) is 18.0 Å². The first-order chi connectivity index (χ1) is 13.2. The first kappa shape index (κ1) is 18.8. The van der Waals surface area contributed by atoms with E-state index in [0.717, 1.165) is 35.0 Å². The summed E-state index contributed by atoms with van der Waals surface area (Å²) in [5.74, 6) is -0.298. The fourth-order valence-corrected chi connectivity index (χ4v) is 4.12. The molecular formula is C17H17F3N6OS. The summed E-state index contributed by atoms with van der Waals surface area (Å²) in [6.45, 7) is 4.23. The molecule has 7 nitrogen and oxygen atoms in total. The SMILES string of the molecule is Cc1cc(C(F)(F)F)n2nc([C@@H]3CCCN(C(=O)c4snnc4C)C3)cc2n1. The van der Waals surface area contributed by atoms with Crippen LogP contribution in [0.15, 0.2) is 12.1 Å². The van der Waals surface area contributed by atoms with Gasteiger partial charge in [0.1, 0.15) is 10.6 Å². The molecule has 0 bridgehead atoms. The Labute approximate surface area is 162 Å². The number of amides is 1. The second-order valence-electron chi connectivity index (χ2n) is 6.90. The Kier molecular flexibility index (Phi) is 4.56. The van der Waals surface area contributed by atoms with Crippen LogP contribution in [-0.2, 0) is 6.18 Å². The van der Waals surface area contributed by atoms with Gasteiger partial charge in [-0.3, -0.25) is 4.79 Å². The molecule has 0 aliphatic carbocycles. The van der Waals surface area contributed by atoms with Crippen molar-refractivity contribution in [2.45, 2.75) is 38.8 Å². The number of carbonyl (C=O) groups is 1. The highest BCUT2D eigenvalue weighted by Gasteiger charge is 2.36. The standard InChI is InChI=1S/C17H17F3N6OS/c1-9-6-13(17(18,19)20)26-14(21-9)7-12(23-26)11-4-3-5-25(8-11)16(27)15-10(2)22-24-28-15/h6-7,11H,3-5,8H2,1-2H3/t11-/m1/s1.